The average Bonchev–Trinajstić information content (AvgIpc) is 2.08. The SMILES string of the molecule is [C-]#[N+]c1ccc(O)c(OC(F)F)c1. The van der Waals surface area contributed by atoms with E-state index < -0.39 is 12.4 Å². The van der Waals surface area contributed by atoms with Crippen LogP contribution in [-0.4, -0.2) is 11.7 Å². The maximum Gasteiger partial charge on any atom is 0.387 e. The second-order valence-electron chi connectivity index (χ2n) is 2.14. The number of nitrogens with zero attached hydrogens (tertiary/aromatic N) is 1. The summed E-state index contributed by atoms with van der Waals surface area (Å²) in [4.78, 5) is 2.99. The topological polar surface area (TPSA) is 33.8 Å². The highest BCUT2D eigenvalue weighted by Crippen LogP contribution is 2.31. The van der Waals surface area contributed by atoms with Gasteiger partial charge in [-0.3, -0.25) is 0 Å². The third-order valence-corrected chi connectivity index (χ3v) is 1.29. The van der Waals surface area contributed by atoms with E-state index in [1.807, 2.05) is 0 Å². The molecule has 0 atom stereocenters. The minimum absolute atomic E-state index is 0.133. The Bertz CT molecular complexity index is 346. The number of hydrogen-bond acceptors (Lipinski definition) is 2. The second kappa shape index (κ2) is 3.72. The van der Waals surface area contributed by atoms with Gasteiger partial charge < -0.3 is 9.84 Å². The molecule has 0 fully saturated rings. The molecule has 68 valence electrons. The second-order valence-corrected chi connectivity index (χ2v) is 2.14. The summed E-state index contributed by atoms with van der Waals surface area (Å²) in [6.45, 7) is 3.59. The molecule has 0 heterocycles. The lowest BCUT2D eigenvalue weighted by Crippen LogP contribution is -2.01. The lowest BCUT2D eigenvalue weighted by atomic mass is 10.3. The number of ether oxygens (including phenoxy) is 1. The van der Waals surface area contributed by atoms with Gasteiger partial charge in [0.15, 0.2) is 17.2 Å². The molecule has 0 aliphatic rings. The molecule has 3 nitrogen and oxygen atoms in total. The molecule has 0 spiro atoms. The maximum absolute atomic E-state index is 11.7. The van der Waals surface area contributed by atoms with Crippen molar-refractivity contribution >= 4 is 5.69 Å². The Balaban J connectivity index is 2.99. The third-order valence-electron chi connectivity index (χ3n) is 1.29. The zero-order chi connectivity index (χ0) is 9.84. The van der Waals surface area contributed by atoms with E-state index in [4.69, 9.17) is 11.7 Å². The van der Waals surface area contributed by atoms with Crippen molar-refractivity contribution < 1.29 is 18.6 Å². The zero-order valence-electron chi connectivity index (χ0n) is 6.37. The predicted octanol–water partition coefficient (Wildman–Crippen LogP) is 2.54. The van der Waals surface area contributed by atoms with E-state index in [-0.39, 0.29) is 11.4 Å². The summed E-state index contributed by atoms with van der Waals surface area (Å²) >= 11 is 0. The minimum atomic E-state index is -3.01. The van der Waals surface area contributed by atoms with E-state index in [9.17, 15) is 8.78 Å². The molecule has 1 N–H and O–H groups in total. The number of alkyl halides is 2. The van der Waals surface area contributed by atoms with E-state index in [1.54, 1.807) is 0 Å². The van der Waals surface area contributed by atoms with Crippen molar-refractivity contribution in [2.24, 2.45) is 0 Å². The number of phenols is 1. The summed E-state index contributed by atoms with van der Waals surface area (Å²) in [5.74, 6) is -0.795. The Morgan fingerprint density at radius 1 is 1.46 bits per heavy atom. The van der Waals surface area contributed by atoms with E-state index in [0.717, 1.165) is 12.1 Å². The summed E-state index contributed by atoms with van der Waals surface area (Å²) in [6, 6.07) is 3.49. The monoisotopic (exact) mass is 185 g/mol. The smallest absolute Gasteiger partial charge is 0.387 e. The fourth-order valence-electron chi connectivity index (χ4n) is 0.763. The fraction of sp³-hybridized carbons (Fsp3) is 0.125. The van der Waals surface area contributed by atoms with E-state index in [1.165, 1.54) is 6.07 Å². The van der Waals surface area contributed by atoms with Crippen molar-refractivity contribution in [3.63, 3.8) is 0 Å². The number of halogens is 2. The van der Waals surface area contributed by atoms with Gasteiger partial charge in [0, 0.05) is 0 Å². The Labute approximate surface area is 73.0 Å². The van der Waals surface area contributed by atoms with Crippen molar-refractivity contribution in [2.75, 3.05) is 0 Å². The van der Waals surface area contributed by atoms with Gasteiger partial charge in [-0.05, 0) is 12.1 Å². The molecule has 0 radical (unpaired) electrons. The molecule has 0 aliphatic carbocycles. The molecular weight excluding hydrogens is 180 g/mol. The van der Waals surface area contributed by atoms with E-state index >= 15 is 0 Å². The van der Waals surface area contributed by atoms with Crippen LogP contribution in [0.3, 0.4) is 0 Å². The number of phenolic OH excluding ortho intramolecular Hbond substituents is 1. The number of hydrogen-bond donors (Lipinski definition) is 1. The van der Waals surface area contributed by atoms with Gasteiger partial charge in [-0.1, -0.05) is 6.07 Å². The van der Waals surface area contributed by atoms with Crippen LogP contribution in [0.15, 0.2) is 18.2 Å². The number of benzene rings is 1. The summed E-state index contributed by atoms with van der Waals surface area (Å²) in [5.41, 5.74) is 0.133. The van der Waals surface area contributed by atoms with Crippen LogP contribution in [0.5, 0.6) is 11.5 Å². The molecule has 5 heteroatoms. The predicted molar refractivity (Wildman–Crippen MR) is 41.0 cm³/mol. The van der Waals surface area contributed by atoms with Gasteiger partial charge in [-0.25, -0.2) is 4.85 Å². The lowest BCUT2D eigenvalue weighted by Gasteiger charge is -2.06. The third kappa shape index (κ3) is 2.30. The summed E-state index contributed by atoms with van der Waals surface area (Å²) in [7, 11) is 0. The minimum Gasteiger partial charge on any atom is -0.504 e. The molecule has 0 amide bonds. The van der Waals surface area contributed by atoms with Crippen LogP contribution in [-0.2, 0) is 0 Å². The van der Waals surface area contributed by atoms with Gasteiger partial charge >= 0.3 is 6.61 Å². The van der Waals surface area contributed by atoms with Crippen LogP contribution in [0.2, 0.25) is 0 Å². The summed E-state index contributed by atoms with van der Waals surface area (Å²) < 4.78 is 27.4. The zero-order valence-corrected chi connectivity index (χ0v) is 6.37. The largest absolute Gasteiger partial charge is 0.504 e. The van der Waals surface area contributed by atoms with Gasteiger partial charge in [0.05, 0.1) is 6.57 Å². The highest BCUT2D eigenvalue weighted by atomic mass is 19.3. The number of rotatable bonds is 2. The quantitative estimate of drug-likeness (QED) is 0.718. The molecule has 0 saturated heterocycles. The van der Waals surface area contributed by atoms with E-state index in [0.29, 0.717) is 0 Å². The van der Waals surface area contributed by atoms with Crippen molar-refractivity contribution in [1.82, 2.24) is 0 Å². The first-order valence-electron chi connectivity index (χ1n) is 3.29. The molecule has 0 saturated carbocycles. The van der Waals surface area contributed by atoms with Crippen LogP contribution >= 0.6 is 0 Å². The summed E-state index contributed by atoms with van der Waals surface area (Å²) in [5, 5.41) is 9.02. The van der Waals surface area contributed by atoms with Gasteiger partial charge in [0.2, 0.25) is 0 Å². The van der Waals surface area contributed by atoms with Crippen molar-refractivity contribution in [3.05, 3.63) is 29.6 Å². The molecule has 1 aromatic carbocycles. The van der Waals surface area contributed by atoms with Gasteiger partial charge in [0.1, 0.15) is 0 Å². The molecule has 13 heavy (non-hydrogen) atoms. The highest BCUT2D eigenvalue weighted by Gasteiger charge is 2.09. The Morgan fingerprint density at radius 2 is 2.15 bits per heavy atom. The Hall–Kier alpha value is -1.83. The lowest BCUT2D eigenvalue weighted by molar-refractivity contribution is -0.0511. The highest BCUT2D eigenvalue weighted by molar-refractivity contribution is 5.54. The average molecular weight is 185 g/mol. The van der Waals surface area contributed by atoms with Gasteiger partial charge in [-0.15, -0.1) is 0 Å². The first-order valence-corrected chi connectivity index (χ1v) is 3.29. The first kappa shape index (κ1) is 9.26. The van der Waals surface area contributed by atoms with Gasteiger partial charge in [0.25, 0.3) is 0 Å². The van der Waals surface area contributed by atoms with Crippen LogP contribution < -0.4 is 4.74 Å². The van der Waals surface area contributed by atoms with Crippen LogP contribution in [0.4, 0.5) is 14.5 Å². The van der Waals surface area contributed by atoms with Crippen LogP contribution in [0.25, 0.3) is 4.85 Å². The molecule has 0 unspecified atom stereocenters. The molecule has 0 aromatic heterocycles. The van der Waals surface area contributed by atoms with Crippen molar-refractivity contribution in [1.29, 1.82) is 0 Å². The van der Waals surface area contributed by atoms with Crippen molar-refractivity contribution in [2.45, 2.75) is 6.61 Å². The summed E-state index contributed by atoms with van der Waals surface area (Å²) in [6.07, 6.45) is 0. The fourth-order valence-corrected chi connectivity index (χ4v) is 0.763. The van der Waals surface area contributed by atoms with Crippen LogP contribution in [0.1, 0.15) is 0 Å². The Kier molecular flexibility index (Phi) is 2.65. The maximum atomic E-state index is 11.7. The standard InChI is InChI=1S/C8H5F2NO2/c1-11-5-2-3-6(12)7(4-5)13-8(9)10/h2-4,8,12H. The van der Waals surface area contributed by atoms with Crippen LogP contribution in [0, 0.1) is 6.57 Å². The Morgan fingerprint density at radius 3 is 2.69 bits per heavy atom. The molecule has 1 aromatic rings. The van der Waals surface area contributed by atoms with E-state index in [2.05, 4.69) is 9.58 Å². The first-order chi connectivity index (χ1) is 6.13. The molecule has 1 rings (SSSR count). The molecule has 0 aliphatic heterocycles. The molecule has 0 bridgehead atoms. The molecular formula is C8H5F2NO2. The normalized spacial score (nSPS) is 9.69. The van der Waals surface area contributed by atoms with Gasteiger partial charge in [-0.2, -0.15) is 8.78 Å². The van der Waals surface area contributed by atoms with Crippen molar-refractivity contribution in [3.8, 4) is 11.5 Å². The number of aromatic hydroxyl groups is 1.